The minimum Gasteiger partial charge on any atom is -0.268 e. The van der Waals surface area contributed by atoms with E-state index in [1.807, 2.05) is 9.34 Å². The minimum atomic E-state index is 0.160. The van der Waals surface area contributed by atoms with Gasteiger partial charge in [-0.1, -0.05) is 63.4 Å². The molecule has 0 unspecified atom stereocenters. The quantitative estimate of drug-likeness (QED) is 0.598. The Labute approximate surface area is 102 Å². The molecule has 0 saturated heterocycles. The molecule has 0 aliphatic heterocycles. The fourth-order valence-electron chi connectivity index (χ4n) is 1.85. The SMILES string of the molecule is CCCCCCCCCCn1sccc1=O. The van der Waals surface area contributed by atoms with Crippen molar-refractivity contribution in [3.05, 3.63) is 21.8 Å². The Morgan fingerprint density at radius 2 is 1.69 bits per heavy atom. The van der Waals surface area contributed by atoms with E-state index in [4.69, 9.17) is 0 Å². The first kappa shape index (κ1) is 13.5. The summed E-state index contributed by atoms with van der Waals surface area (Å²) in [5, 5.41) is 1.87. The Balaban J connectivity index is 1.93. The van der Waals surface area contributed by atoms with Gasteiger partial charge in [0.15, 0.2) is 0 Å². The third-order valence-electron chi connectivity index (χ3n) is 2.86. The molecule has 2 nitrogen and oxygen atoms in total. The zero-order chi connectivity index (χ0) is 11.6. The highest BCUT2D eigenvalue weighted by Crippen LogP contribution is 2.09. The van der Waals surface area contributed by atoms with Crippen LogP contribution in [-0.2, 0) is 6.54 Å². The maximum atomic E-state index is 11.2. The van der Waals surface area contributed by atoms with Gasteiger partial charge < -0.3 is 0 Å². The molecule has 16 heavy (non-hydrogen) atoms. The van der Waals surface area contributed by atoms with Crippen molar-refractivity contribution >= 4 is 11.5 Å². The van der Waals surface area contributed by atoms with Crippen LogP contribution in [0, 0.1) is 0 Å². The maximum Gasteiger partial charge on any atom is 0.260 e. The van der Waals surface area contributed by atoms with Gasteiger partial charge >= 0.3 is 0 Å². The molecule has 0 amide bonds. The van der Waals surface area contributed by atoms with Crippen LogP contribution in [0.5, 0.6) is 0 Å². The fraction of sp³-hybridized carbons (Fsp3) is 0.769. The molecule has 0 aliphatic carbocycles. The van der Waals surface area contributed by atoms with E-state index in [-0.39, 0.29) is 5.56 Å². The molecule has 0 aromatic carbocycles. The first-order chi connectivity index (χ1) is 7.84. The molecule has 3 heteroatoms. The predicted molar refractivity (Wildman–Crippen MR) is 71.2 cm³/mol. The van der Waals surface area contributed by atoms with Crippen molar-refractivity contribution in [2.45, 2.75) is 64.8 Å². The van der Waals surface area contributed by atoms with Gasteiger partial charge in [-0.05, 0) is 6.42 Å². The molecular formula is C13H23NOS. The molecular weight excluding hydrogens is 218 g/mol. The van der Waals surface area contributed by atoms with Crippen molar-refractivity contribution in [1.29, 1.82) is 0 Å². The van der Waals surface area contributed by atoms with E-state index in [2.05, 4.69) is 6.92 Å². The van der Waals surface area contributed by atoms with E-state index in [1.165, 1.54) is 56.5 Å². The number of aromatic nitrogens is 1. The molecule has 0 atom stereocenters. The Hall–Kier alpha value is -0.570. The smallest absolute Gasteiger partial charge is 0.260 e. The van der Waals surface area contributed by atoms with Gasteiger partial charge in [-0.25, -0.2) is 0 Å². The molecule has 0 fully saturated rings. The number of unbranched alkanes of at least 4 members (excludes halogenated alkanes) is 7. The summed E-state index contributed by atoms with van der Waals surface area (Å²) in [7, 11) is 0. The van der Waals surface area contributed by atoms with Gasteiger partial charge in [0.2, 0.25) is 0 Å². The lowest BCUT2D eigenvalue weighted by Crippen LogP contribution is -2.11. The third-order valence-corrected chi connectivity index (χ3v) is 3.73. The Bertz CT molecular complexity index is 316. The Kier molecular flexibility index (Phi) is 7.23. The Morgan fingerprint density at radius 3 is 2.25 bits per heavy atom. The van der Waals surface area contributed by atoms with Gasteiger partial charge in [-0.2, -0.15) is 0 Å². The predicted octanol–water partition coefficient (Wildman–Crippen LogP) is 4.05. The van der Waals surface area contributed by atoms with Crippen LogP contribution >= 0.6 is 11.5 Å². The summed E-state index contributed by atoms with van der Waals surface area (Å²) < 4.78 is 1.84. The second-order valence-electron chi connectivity index (χ2n) is 4.32. The van der Waals surface area contributed by atoms with Crippen molar-refractivity contribution in [1.82, 2.24) is 3.96 Å². The minimum absolute atomic E-state index is 0.160. The van der Waals surface area contributed by atoms with Crippen LogP contribution in [0.3, 0.4) is 0 Å². The lowest BCUT2D eigenvalue weighted by Gasteiger charge is -2.01. The van der Waals surface area contributed by atoms with Crippen LogP contribution in [-0.4, -0.2) is 3.96 Å². The van der Waals surface area contributed by atoms with E-state index in [1.54, 1.807) is 6.07 Å². The number of rotatable bonds is 9. The first-order valence-corrected chi connectivity index (χ1v) is 7.33. The molecule has 0 bridgehead atoms. The number of hydrogen-bond acceptors (Lipinski definition) is 2. The van der Waals surface area contributed by atoms with Crippen molar-refractivity contribution in [2.24, 2.45) is 0 Å². The molecule has 92 valence electrons. The van der Waals surface area contributed by atoms with Crippen LogP contribution in [0.1, 0.15) is 58.3 Å². The van der Waals surface area contributed by atoms with E-state index in [0.29, 0.717) is 0 Å². The summed E-state index contributed by atoms with van der Waals surface area (Å²) in [6, 6.07) is 1.65. The van der Waals surface area contributed by atoms with Gasteiger partial charge in [0.05, 0.1) is 0 Å². The van der Waals surface area contributed by atoms with Gasteiger partial charge in [-0.15, -0.1) is 0 Å². The molecule has 0 spiro atoms. The van der Waals surface area contributed by atoms with Crippen LogP contribution in [0.2, 0.25) is 0 Å². The highest BCUT2D eigenvalue weighted by Gasteiger charge is 1.96. The normalized spacial score (nSPS) is 10.8. The highest BCUT2D eigenvalue weighted by atomic mass is 32.1. The topological polar surface area (TPSA) is 22.0 Å². The molecule has 1 aromatic heterocycles. The summed E-state index contributed by atoms with van der Waals surface area (Å²) >= 11 is 1.53. The fourth-order valence-corrected chi connectivity index (χ4v) is 2.57. The third kappa shape index (κ3) is 5.50. The molecule has 0 radical (unpaired) electrons. The largest absolute Gasteiger partial charge is 0.268 e. The second-order valence-corrected chi connectivity index (χ2v) is 5.25. The van der Waals surface area contributed by atoms with Crippen molar-refractivity contribution in [3.63, 3.8) is 0 Å². The average Bonchev–Trinajstić information content (AvgIpc) is 2.68. The van der Waals surface area contributed by atoms with E-state index in [0.717, 1.165) is 13.0 Å². The summed E-state index contributed by atoms with van der Waals surface area (Å²) in [5.74, 6) is 0. The number of nitrogens with zero attached hydrogens (tertiary/aromatic N) is 1. The van der Waals surface area contributed by atoms with Crippen LogP contribution in [0.25, 0.3) is 0 Å². The molecule has 0 saturated carbocycles. The first-order valence-electron chi connectivity index (χ1n) is 6.49. The van der Waals surface area contributed by atoms with E-state index < -0.39 is 0 Å². The zero-order valence-electron chi connectivity index (χ0n) is 10.3. The lowest BCUT2D eigenvalue weighted by atomic mass is 10.1. The van der Waals surface area contributed by atoms with Crippen LogP contribution in [0.4, 0.5) is 0 Å². The monoisotopic (exact) mass is 241 g/mol. The molecule has 1 rings (SSSR count). The zero-order valence-corrected chi connectivity index (χ0v) is 11.1. The lowest BCUT2D eigenvalue weighted by molar-refractivity contribution is 0.551. The summed E-state index contributed by atoms with van der Waals surface area (Å²) in [6.45, 7) is 3.16. The van der Waals surface area contributed by atoms with Gasteiger partial charge in [0.25, 0.3) is 5.56 Å². The van der Waals surface area contributed by atoms with Crippen molar-refractivity contribution < 1.29 is 0 Å². The molecule has 1 aromatic rings. The highest BCUT2D eigenvalue weighted by molar-refractivity contribution is 7.04. The van der Waals surface area contributed by atoms with Crippen LogP contribution < -0.4 is 5.56 Å². The second kappa shape index (κ2) is 8.57. The summed E-state index contributed by atoms with van der Waals surface area (Å²) in [5.41, 5.74) is 0.160. The van der Waals surface area contributed by atoms with Gasteiger partial charge in [0.1, 0.15) is 0 Å². The Morgan fingerprint density at radius 1 is 1.06 bits per heavy atom. The number of hydrogen-bond donors (Lipinski definition) is 0. The summed E-state index contributed by atoms with van der Waals surface area (Å²) in [6.07, 6.45) is 10.6. The molecule has 0 aliphatic rings. The van der Waals surface area contributed by atoms with E-state index >= 15 is 0 Å². The van der Waals surface area contributed by atoms with Gasteiger partial charge in [0, 0.05) is 18.0 Å². The average molecular weight is 241 g/mol. The van der Waals surface area contributed by atoms with Crippen molar-refractivity contribution in [3.8, 4) is 0 Å². The standard InChI is InChI=1S/C13H23NOS/c1-2-3-4-5-6-7-8-9-11-14-13(15)10-12-16-14/h10,12H,2-9,11H2,1H3. The molecule has 1 heterocycles. The summed E-state index contributed by atoms with van der Waals surface area (Å²) in [4.78, 5) is 11.2. The van der Waals surface area contributed by atoms with Crippen molar-refractivity contribution in [2.75, 3.05) is 0 Å². The van der Waals surface area contributed by atoms with Gasteiger partial charge in [-0.3, -0.25) is 8.75 Å². The maximum absolute atomic E-state index is 11.2. The molecule has 0 N–H and O–H groups in total. The van der Waals surface area contributed by atoms with Crippen LogP contribution in [0.15, 0.2) is 16.2 Å². The number of aryl methyl sites for hydroxylation is 1. The van der Waals surface area contributed by atoms with E-state index in [9.17, 15) is 4.79 Å².